The summed E-state index contributed by atoms with van der Waals surface area (Å²) in [6.07, 6.45) is 5.15. The first-order valence-corrected chi connectivity index (χ1v) is 19.8. The van der Waals surface area contributed by atoms with E-state index in [4.69, 9.17) is 28.8 Å². The van der Waals surface area contributed by atoms with Crippen molar-refractivity contribution in [1.29, 1.82) is 0 Å². The number of para-hydroxylation sites is 1. The van der Waals surface area contributed by atoms with Gasteiger partial charge in [0.2, 0.25) is 23.6 Å². The topological polar surface area (TPSA) is 202 Å². The van der Waals surface area contributed by atoms with Crippen LogP contribution in [0.15, 0.2) is 101 Å². The number of rotatable bonds is 20. The van der Waals surface area contributed by atoms with E-state index in [1.54, 1.807) is 18.5 Å². The van der Waals surface area contributed by atoms with E-state index in [9.17, 15) is 19.2 Å². The molecule has 3 atom stereocenters. The number of hydrogen-bond donors (Lipinski definition) is 6. The lowest BCUT2D eigenvalue weighted by Crippen LogP contribution is -2.56. The van der Waals surface area contributed by atoms with Crippen molar-refractivity contribution in [3.05, 3.63) is 113 Å². The number of nitrogens with one attached hydrogen (secondary N) is 3. The normalized spacial score (nSPS) is 12.9. The van der Waals surface area contributed by atoms with E-state index in [0.717, 1.165) is 43.6 Å². The summed E-state index contributed by atoms with van der Waals surface area (Å²) in [5, 5.41) is 8.38. The molecule has 0 fully saturated rings. The number of fused-ring (bicyclic) bond motifs is 1. The lowest BCUT2D eigenvalue weighted by molar-refractivity contribution is -0.141. The number of hydrogen-bond acceptors (Lipinski definition) is 8. The van der Waals surface area contributed by atoms with Gasteiger partial charge in [-0.05, 0) is 85.2 Å². The predicted molar refractivity (Wildman–Crippen MR) is 222 cm³/mol. The molecule has 14 heteroatoms. The van der Waals surface area contributed by atoms with Crippen molar-refractivity contribution < 1.29 is 19.2 Å². The summed E-state index contributed by atoms with van der Waals surface area (Å²) in [6, 6.07) is 22.5. The Balaban J connectivity index is 1.32. The summed E-state index contributed by atoms with van der Waals surface area (Å²) < 4.78 is 0. The van der Waals surface area contributed by atoms with Gasteiger partial charge in [0.25, 0.3) is 0 Å². The molecule has 0 saturated carbocycles. The quantitative estimate of drug-likeness (QED) is 0.0575. The minimum absolute atomic E-state index is 0.0671. The first-order valence-electron chi connectivity index (χ1n) is 18.6. The zero-order chi connectivity index (χ0) is 40.2. The highest BCUT2D eigenvalue weighted by Gasteiger charge is 2.33. The van der Waals surface area contributed by atoms with Crippen LogP contribution in [0.4, 0.5) is 0 Å². The van der Waals surface area contributed by atoms with Gasteiger partial charge in [0.15, 0.2) is 0 Å². The third-order valence-corrected chi connectivity index (χ3v) is 11.4. The summed E-state index contributed by atoms with van der Waals surface area (Å²) in [6.45, 7) is 2.62. The van der Waals surface area contributed by atoms with Gasteiger partial charge in [0.1, 0.15) is 17.1 Å². The molecule has 0 aliphatic carbocycles. The molecule has 0 bridgehead atoms. The fraction of sp³-hybridized carbons (Fsp3) is 0.310. The lowest BCUT2D eigenvalue weighted by Gasteiger charge is -2.31. The lowest BCUT2D eigenvalue weighted by atomic mass is 10.0. The van der Waals surface area contributed by atoms with Crippen molar-refractivity contribution in [3.8, 4) is 11.1 Å². The van der Waals surface area contributed by atoms with Crippen molar-refractivity contribution in [2.45, 2.75) is 80.0 Å². The van der Waals surface area contributed by atoms with E-state index < -0.39 is 41.8 Å². The molecule has 0 unspecified atom stereocenters. The zero-order valence-electron chi connectivity index (χ0n) is 31.6. The van der Waals surface area contributed by atoms with E-state index >= 15 is 0 Å². The number of primary amides is 2. The molecule has 5 rings (SSSR count). The maximum absolute atomic E-state index is 14.1. The first-order chi connectivity index (χ1) is 27.0. The van der Waals surface area contributed by atoms with Gasteiger partial charge in [0, 0.05) is 54.6 Å². The number of H-pyrrole nitrogens is 1. The average molecular weight is 797 g/mol. The number of likely N-dealkylation sites (N-methyl/N-ethyl adjacent to an activating group) is 1. The van der Waals surface area contributed by atoms with Crippen LogP contribution in [0.25, 0.3) is 22.0 Å². The molecule has 2 heterocycles. The maximum atomic E-state index is 14.1. The standard InChI is InChI=1S/C42H49ClN8O4S/c1-26-21-29(27-11-4-3-5-12-27)22-32(43)38(26)56-41-28(13-10-20-47-41)24-49-34(17-18-37(45)52)40(54)50-35(16-8-9-19-44)42(55)51(2)36(39(46)53)23-30-25-48-33-15-7-6-14-31(30)33/h3-7,10-15,20-22,25,34-36,48-49H,8-9,16-19,23-24,44H2,1-2H3,(H2,45,52)(H2,46,53)(H,50,54)/t34-,35-,36-/m0/s1. The van der Waals surface area contributed by atoms with Crippen LogP contribution < -0.4 is 27.8 Å². The maximum Gasteiger partial charge on any atom is 0.245 e. The summed E-state index contributed by atoms with van der Waals surface area (Å²) in [5.41, 5.74) is 22.7. The Morgan fingerprint density at radius 1 is 0.911 bits per heavy atom. The minimum Gasteiger partial charge on any atom is -0.370 e. The monoisotopic (exact) mass is 796 g/mol. The number of carbonyl (C=O) groups excluding carboxylic acids is 4. The molecule has 9 N–H and O–H groups in total. The average Bonchev–Trinajstić information content (AvgIpc) is 3.60. The smallest absolute Gasteiger partial charge is 0.245 e. The number of aromatic amines is 1. The summed E-state index contributed by atoms with van der Waals surface area (Å²) in [7, 11) is 1.52. The van der Waals surface area contributed by atoms with E-state index in [2.05, 4.69) is 26.7 Å². The van der Waals surface area contributed by atoms with Crippen molar-refractivity contribution in [2.75, 3.05) is 13.6 Å². The van der Waals surface area contributed by atoms with Gasteiger partial charge in [-0.25, -0.2) is 4.98 Å². The Bertz CT molecular complexity index is 2120. The summed E-state index contributed by atoms with van der Waals surface area (Å²) >= 11 is 8.26. The van der Waals surface area contributed by atoms with E-state index in [1.165, 1.54) is 23.7 Å². The van der Waals surface area contributed by atoms with Crippen molar-refractivity contribution >= 4 is 57.9 Å². The van der Waals surface area contributed by atoms with Crippen LogP contribution in [0, 0.1) is 6.92 Å². The molecular weight excluding hydrogens is 748 g/mol. The number of pyridine rings is 1. The van der Waals surface area contributed by atoms with Crippen molar-refractivity contribution in [3.63, 3.8) is 0 Å². The second-order valence-electron chi connectivity index (χ2n) is 13.8. The number of amides is 4. The van der Waals surface area contributed by atoms with Gasteiger partial charge in [-0.2, -0.15) is 0 Å². The summed E-state index contributed by atoms with van der Waals surface area (Å²) in [4.78, 5) is 62.8. The Labute approximate surface area is 336 Å². The highest BCUT2D eigenvalue weighted by Crippen LogP contribution is 2.39. The Morgan fingerprint density at radius 3 is 2.38 bits per heavy atom. The molecular formula is C42H49ClN8O4S. The molecule has 0 radical (unpaired) electrons. The van der Waals surface area contributed by atoms with Crippen LogP contribution in [0.2, 0.25) is 5.02 Å². The minimum atomic E-state index is -0.991. The molecule has 3 aromatic carbocycles. The second kappa shape index (κ2) is 20.1. The van der Waals surface area contributed by atoms with E-state index in [1.807, 2.05) is 73.7 Å². The fourth-order valence-corrected chi connectivity index (χ4v) is 7.95. The highest BCUT2D eigenvalue weighted by molar-refractivity contribution is 7.99. The number of nitrogens with zero attached hydrogens (tertiary/aromatic N) is 2. The highest BCUT2D eigenvalue weighted by atomic mass is 35.5. The molecule has 294 valence electrons. The number of aromatic nitrogens is 2. The van der Waals surface area contributed by atoms with Gasteiger partial charge >= 0.3 is 0 Å². The molecule has 12 nitrogen and oxygen atoms in total. The molecule has 4 amide bonds. The predicted octanol–water partition coefficient (Wildman–Crippen LogP) is 5.24. The third kappa shape index (κ3) is 11.0. The molecule has 0 spiro atoms. The number of nitrogens with two attached hydrogens (primary N) is 3. The van der Waals surface area contributed by atoms with Gasteiger partial charge < -0.3 is 37.7 Å². The number of benzene rings is 3. The van der Waals surface area contributed by atoms with Crippen LogP contribution in [0.5, 0.6) is 0 Å². The second-order valence-corrected chi connectivity index (χ2v) is 15.2. The molecule has 5 aromatic rings. The van der Waals surface area contributed by atoms with Gasteiger partial charge in [-0.1, -0.05) is 84.0 Å². The van der Waals surface area contributed by atoms with Crippen LogP contribution in [-0.4, -0.2) is 70.2 Å². The zero-order valence-corrected chi connectivity index (χ0v) is 33.2. The van der Waals surface area contributed by atoms with Crippen molar-refractivity contribution in [1.82, 2.24) is 25.5 Å². The third-order valence-electron chi connectivity index (χ3n) is 9.71. The van der Waals surface area contributed by atoms with Gasteiger partial charge in [-0.3, -0.25) is 19.2 Å². The molecule has 0 saturated heterocycles. The fourth-order valence-electron chi connectivity index (χ4n) is 6.61. The molecule has 0 aliphatic heterocycles. The van der Waals surface area contributed by atoms with Crippen LogP contribution in [0.1, 0.15) is 48.8 Å². The number of aryl methyl sites for hydroxylation is 1. The van der Waals surface area contributed by atoms with Crippen LogP contribution in [-0.2, 0) is 32.1 Å². The molecule has 0 aliphatic rings. The number of carbonyl (C=O) groups is 4. The molecule has 2 aromatic heterocycles. The van der Waals surface area contributed by atoms with Gasteiger partial charge in [0.05, 0.1) is 11.1 Å². The Kier molecular flexibility index (Phi) is 15.1. The van der Waals surface area contributed by atoms with Crippen LogP contribution >= 0.6 is 23.4 Å². The Morgan fingerprint density at radius 2 is 1.66 bits per heavy atom. The Hall–Kier alpha value is -5.21. The first kappa shape index (κ1) is 41.9. The SMILES string of the molecule is Cc1cc(-c2ccccc2)cc(Cl)c1Sc1ncccc1CN[C@@H](CCC(N)=O)C(=O)N[C@@H](CCCCN)C(=O)N(C)[C@@H](Cc1c[nH]c2ccccc12)C(N)=O. The van der Waals surface area contributed by atoms with Crippen molar-refractivity contribution in [2.24, 2.45) is 17.2 Å². The summed E-state index contributed by atoms with van der Waals surface area (Å²) in [5.74, 6) is -2.20. The van der Waals surface area contributed by atoms with E-state index in [-0.39, 0.29) is 32.2 Å². The van der Waals surface area contributed by atoms with E-state index in [0.29, 0.717) is 29.4 Å². The van der Waals surface area contributed by atoms with Crippen LogP contribution in [0.3, 0.4) is 0 Å². The number of unbranched alkanes of at least 4 members (excludes halogenated alkanes) is 1. The largest absolute Gasteiger partial charge is 0.370 e. The van der Waals surface area contributed by atoms with Gasteiger partial charge in [-0.15, -0.1) is 0 Å². The number of halogens is 1. The molecule has 56 heavy (non-hydrogen) atoms.